The number of hydrogen-bond acceptors (Lipinski definition) is 5. The van der Waals surface area contributed by atoms with Gasteiger partial charge in [-0.2, -0.15) is 0 Å². The van der Waals surface area contributed by atoms with Gasteiger partial charge in [0.1, 0.15) is 0 Å². The zero-order valence-electron chi connectivity index (χ0n) is 16.9. The van der Waals surface area contributed by atoms with E-state index in [2.05, 4.69) is 9.71 Å². The minimum Gasteiger partial charge on any atom is -0.283 e. The molecule has 1 N–H and O–H groups in total. The van der Waals surface area contributed by atoms with Crippen LogP contribution in [0.15, 0.2) is 47.5 Å². The summed E-state index contributed by atoms with van der Waals surface area (Å²) in [5, 5.41) is 0.823. The molecular formula is C20H23N3O4S2. The minimum atomic E-state index is -3.98. The van der Waals surface area contributed by atoms with Crippen LogP contribution in [0, 0.1) is 20.8 Å². The van der Waals surface area contributed by atoms with Gasteiger partial charge in [0.25, 0.3) is 10.0 Å². The van der Waals surface area contributed by atoms with E-state index in [1.807, 2.05) is 12.1 Å². The molecule has 1 heterocycles. The Hall–Kier alpha value is -2.65. The molecule has 0 aliphatic heterocycles. The molecule has 0 atom stereocenters. The van der Waals surface area contributed by atoms with Crippen molar-refractivity contribution >= 4 is 42.3 Å². The lowest BCUT2D eigenvalue weighted by molar-refractivity contribution is 0.592. The standard InChI is InChI=1S/C20H23N3O4S2/c1-13-12-14(2)20(15(3)18(13)22-28(5,24)25)29(26,27)23(4)17-10-6-8-16-9-7-11-21-19(16)17/h6-12,22H,1-5H3. The number of sulfonamides is 2. The van der Waals surface area contributed by atoms with Gasteiger partial charge in [-0.1, -0.05) is 24.3 Å². The molecule has 0 fully saturated rings. The highest BCUT2D eigenvalue weighted by molar-refractivity contribution is 7.93. The first-order valence-electron chi connectivity index (χ1n) is 8.85. The van der Waals surface area contributed by atoms with Crippen LogP contribution >= 0.6 is 0 Å². The third-order valence-corrected chi connectivity index (χ3v) is 7.39. The number of aryl methyl sites for hydroxylation is 2. The predicted octanol–water partition coefficient (Wildman–Crippen LogP) is 3.36. The van der Waals surface area contributed by atoms with Crippen LogP contribution in [0.3, 0.4) is 0 Å². The molecule has 2 aromatic carbocycles. The van der Waals surface area contributed by atoms with Gasteiger partial charge in [-0.05, 0) is 49.6 Å². The largest absolute Gasteiger partial charge is 0.283 e. The number of rotatable bonds is 5. The van der Waals surface area contributed by atoms with Gasteiger partial charge in [0, 0.05) is 18.6 Å². The molecule has 9 heteroatoms. The Morgan fingerprint density at radius 3 is 2.28 bits per heavy atom. The number of aromatic nitrogens is 1. The summed E-state index contributed by atoms with van der Waals surface area (Å²) in [5.74, 6) is 0. The van der Waals surface area contributed by atoms with Crippen LogP contribution in [0.5, 0.6) is 0 Å². The monoisotopic (exact) mass is 433 g/mol. The molecule has 0 amide bonds. The zero-order chi connectivity index (χ0) is 21.6. The first-order chi connectivity index (χ1) is 13.4. The summed E-state index contributed by atoms with van der Waals surface area (Å²) in [6.07, 6.45) is 2.65. The molecule has 29 heavy (non-hydrogen) atoms. The predicted molar refractivity (Wildman–Crippen MR) is 116 cm³/mol. The number of pyridine rings is 1. The third-order valence-electron chi connectivity index (χ3n) is 4.76. The van der Waals surface area contributed by atoms with E-state index in [1.165, 1.54) is 11.4 Å². The van der Waals surface area contributed by atoms with E-state index < -0.39 is 20.0 Å². The van der Waals surface area contributed by atoms with Crippen molar-refractivity contribution in [1.29, 1.82) is 0 Å². The van der Waals surface area contributed by atoms with Crippen LogP contribution in [0.2, 0.25) is 0 Å². The second kappa shape index (κ2) is 7.31. The molecule has 0 bridgehead atoms. The maximum Gasteiger partial charge on any atom is 0.264 e. The molecule has 0 unspecified atom stereocenters. The average molecular weight is 434 g/mol. The molecule has 1 aromatic heterocycles. The molecule has 7 nitrogen and oxygen atoms in total. The van der Waals surface area contributed by atoms with Crippen molar-refractivity contribution in [3.63, 3.8) is 0 Å². The molecule has 0 saturated heterocycles. The van der Waals surface area contributed by atoms with Crippen molar-refractivity contribution < 1.29 is 16.8 Å². The maximum atomic E-state index is 13.6. The van der Waals surface area contributed by atoms with Crippen molar-refractivity contribution in [2.75, 3.05) is 22.3 Å². The Labute approximate surface area is 171 Å². The zero-order valence-corrected chi connectivity index (χ0v) is 18.5. The van der Waals surface area contributed by atoms with E-state index >= 15 is 0 Å². The molecule has 0 radical (unpaired) electrons. The highest BCUT2D eigenvalue weighted by Crippen LogP contribution is 2.35. The summed E-state index contributed by atoms with van der Waals surface area (Å²) in [5.41, 5.74) is 2.84. The number of fused-ring (bicyclic) bond motifs is 1. The van der Waals surface area contributed by atoms with Gasteiger partial charge >= 0.3 is 0 Å². The van der Waals surface area contributed by atoms with Gasteiger partial charge in [0.15, 0.2) is 0 Å². The number of benzene rings is 2. The van der Waals surface area contributed by atoms with Crippen molar-refractivity contribution in [1.82, 2.24) is 4.98 Å². The SMILES string of the molecule is Cc1cc(C)c(S(=O)(=O)N(C)c2cccc3cccnc23)c(C)c1NS(C)(=O)=O. The number of nitrogens with zero attached hydrogens (tertiary/aromatic N) is 2. The van der Waals surface area contributed by atoms with Gasteiger partial charge < -0.3 is 0 Å². The normalized spacial score (nSPS) is 12.2. The smallest absolute Gasteiger partial charge is 0.264 e. The molecule has 0 aliphatic carbocycles. The van der Waals surface area contributed by atoms with Crippen molar-refractivity contribution in [2.45, 2.75) is 25.7 Å². The first kappa shape index (κ1) is 21.1. The highest BCUT2D eigenvalue weighted by Gasteiger charge is 2.29. The van der Waals surface area contributed by atoms with Gasteiger partial charge in [0.05, 0.1) is 28.0 Å². The quantitative estimate of drug-likeness (QED) is 0.666. The topological polar surface area (TPSA) is 96.4 Å². The molecule has 3 aromatic rings. The van der Waals surface area contributed by atoms with Crippen molar-refractivity contribution in [3.05, 3.63) is 59.3 Å². The fraction of sp³-hybridized carbons (Fsp3) is 0.250. The van der Waals surface area contributed by atoms with E-state index in [1.54, 1.807) is 51.2 Å². The molecule has 154 valence electrons. The van der Waals surface area contributed by atoms with E-state index in [0.29, 0.717) is 27.9 Å². The van der Waals surface area contributed by atoms with Crippen LogP contribution in [0.25, 0.3) is 10.9 Å². The fourth-order valence-electron chi connectivity index (χ4n) is 3.52. The van der Waals surface area contributed by atoms with Crippen LogP contribution in [-0.2, 0) is 20.0 Å². The Morgan fingerprint density at radius 2 is 1.62 bits per heavy atom. The van der Waals surface area contributed by atoms with Crippen LogP contribution in [0.4, 0.5) is 11.4 Å². The summed E-state index contributed by atoms with van der Waals surface area (Å²) in [6.45, 7) is 5.05. The highest BCUT2D eigenvalue weighted by atomic mass is 32.2. The molecule has 0 saturated carbocycles. The van der Waals surface area contributed by atoms with Crippen LogP contribution < -0.4 is 9.03 Å². The van der Waals surface area contributed by atoms with Crippen LogP contribution in [-0.4, -0.2) is 35.1 Å². The van der Waals surface area contributed by atoms with Gasteiger partial charge in [-0.3, -0.25) is 14.0 Å². The summed E-state index contributed by atoms with van der Waals surface area (Å²) >= 11 is 0. The Kier molecular flexibility index (Phi) is 5.31. The summed E-state index contributed by atoms with van der Waals surface area (Å²) in [6, 6.07) is 10.7. The second-order valence-electron chi connectivity index (χ2n) is 7.04. The average Bonchev–Trinajstić information content (AvgIpc) is 2.63. The summed E-state index contributed by atoms with van der Waals surface area (Å²) in [4.78, 5) is 4.41. The van der Waals surface area contributed by atoms with Crippen molar-refractivity contribution in [2.24, 2.45) is 0 Å². The molecule has 0 spiro atoms. The Morgan fingerprint density at radius 1 is 0.966 bits per heavy atom. The lowest BCUT2D eigenvalue weighted by Crippen LogP contribution is -2.29. The third kappa shape index (κ3) is 3.92. The van der Waals surface area contributed by atoms with E-state index in [-0.39, 0.29) is 10.6 Å². The Balaban J connectivity index is 2.23. The Bertz CT molecular complexity index is 1310. The van der Waals surface area contributed by atoms with Gasteiger partial charge in [-0.25, -0.2) is 16.8 Å². The second-order valence-corrected chi connectivity index (χ2v) is 10.7. The fourth-order valence-corrected chi connectivity index (χ4v) is 5.84. The number of nitrogens with one attached hydrogen (secondary N) is 1. The number of hydrogen-bond donors (Lipinski definition) is 1. The molecule has 0 aliphatic rings. The maximum absolute atomic E-state index is 13.6. The molecule has 3 rings (SSSR count). The summed E-state index contributed by atoms with van der Waals surface area (Å²) < 4.78 is 54.3. The van der Waals surface area contributed by atoms with Crippen molar-refractivity contribution in [3.8, 4) is 0 Å². The lowest BCUT2D eigenvalue weighted by Gasteiger charge is -2.24. The van der Waals surface area contributed by atoms with Gasteiger partial charge in [0.2, 0.25) is 10.0 Å². The minimum absolute atomic E-state index is 0.0738. The molecular weight excluding hydrogens is 410 g/mol. The number of anilines is 2. The van der Waals surface area contributed by atoms with Crippen LogP contribution in [0.1, 0.15) is 16.7 Å². The number of para-hydroxylation sites is 1. The van der Waals surface area contributed by atoms with Gasteiger partial charge in [-0.15, -0.1) is 0 Å². The summed E-state index contributed by atoms with van der Waals surface area (Å²) in [7, 11) is -6.07. The first-order valence-corrected chi connectivity index (χ1v) is 12.2. The van der Waals surface area contributed by atoms with E-state index in [4.69, 9.17) is 0 Å². The van der Waals surface area contributed by atoms with E-state index in [0.717, 1.165) is 11.6 Å². The van der Waals surface area contributed by atoms with E-state index in [9.17, 15) is 16.8 Å². The lowest BCUT2D eigenvalue weighted by atomic mass is 10.1.